The van der Waals surface area contributed by atoms with E-state index in [-0.39, 0.29) is 0 Å². The summed E-state index contributed by atoms with van der Waals surface area (Å²) in [6.07, 6.45) is 5.92. The van der Waals surface area contributed by atoms with Gasteiger partial charge in [-0.05, 0) is 57.1 Å². The molecule has 0 radical (unpaired) electrons. The summed E-state index contributed by atoms with van der Waals surface area (Å²) in [5.74, 6) is 0. The molecular weight excluding hydrogens is 290 g/mol. The molecule has 1 aromatic heterocycles. The summed E-state index contributed by atoms with van der Waals surface area (Å²) >= 11 is 3.48. The monoisotopic (exact) mass is 307 g/mol. The molecule has 0 aliphatic carbocycles. The highest BCUT2D eigenvalue weighted by Gasteiger charge is 2.10. The average Bonchev–Trinajstić information content (AvgIpc) is 2.99. The zero-order valence-electron chi connectivity index (χ0n) is 10.5. The van der Waals surface area contributed by atoms with E-state index < -0.39 is 0 Å². The summed E-state index contributed by atoms with van der Waals surface area (Å²) in [4.78, 5) is 7.01. The zero-order chi connectivity index (χ0) is 12.4. The quantitative estimate of drug-likeness (QED) is 0.864. The largest absolute Gasteiger partial charge is 0.331 e. The van der Waals surface area contributed by atoms with Crippen molar-refractivity contribution in [1.82, 2.24) is 14.5 Å². The van der Waals surface area contributed by atoms with Crippen molar-refractivity contribution < 1.29 is 0 Å². The van der Waals surface area contributed by atoms with Gasteiger partial charge in [0.15, 0.2) is 0 Å². The maximum Gasteiger partial charge on any atom is 0.0958 e. The van der Waals surface area contributed by atoms with Gasteiger partial charge in [0, 0.05) is 11.0 Å². The van der Waals surface area contributed by atoms with Crippen molar-refractivity contribution in [1.29, 1.82) is 0 Å². The minimum Gasteiger partial charge on any atom is -0.331 e. The SMILES string of the molecule is Brc1ccc2c(c1)ncn2CCCN1CCCC1. The fourth-order valence-corrected chi connectivity index (χ4v) is 3.04. The number of hydrogen-bond acceptors (Lipinski definition) is 2. The van der Waals surface area contributed by atoms with Crippen LogP contribution in [0.2, 0.25) is 0 Å². The van der Waals surface area contributed by atoms with Crippen molar-refractivity contribution in [2.24, 2.45) is 0 Å². The second-order valence-electron chi connectivity index (χ2n) is 4.97. The number of hydrogen-bond donors (Lipinski definition) is 0. The van der Waals surface area contributed by atoms with Crippen LogP contribution in [0, 0.1) is 0 Å². The lowest BCUT2D eigenvalue weighted by molar-refractivity contribution is 0.326. The van der Waals surface area contributed by atoms with Crippen molar-refractivity contribution in [3.05, 3.63) is 29.0 Å². The van der Waals surface area contributed by atoms with Gasteiger partial charge < -0.3 is 9.47 Å². The third kappa shape index (κ3) is 2.59. The number of nitrogens with zero attached hydrogens (tertiary/aromatic N) is 3. The lowest BCUT2D eigenvalue weighted by Crippen LogP contribution is -2.21. The molecule has 3 rings (SSSR count). The van der Waals surface area contributed by atoms with E-state index in [1.807, 2.05) is 6.33 Å². The van der Waals surface area contributed by atoms with E-state index in [9.17, 15) is 0 Å². The molecule has 0 atom stereocenters. The van der Waals surface area contributed by atoms with Crippen LogP contribution in [0.1, 0.15) is 19.3 Å². The summed E-state index contributed by atoms with van der Waals surface area (Å²) in [5.41, 5.74) is 2.31. The topological polar surface area (TPSA) is 21.1 Å². The first-order chi connectivity index (χ1) is 8.83. The maximum absolute atomic E-state index is 4.45. The second-order valence-corrected chi connectivity index (χ2v) is 5.89. The standard InChI is InChI=1S/C14H18BrN3/c15-12-4-5-14-13(10-12)16-11-18(14)9-3-8-17-6-1-2-7-17/h4-5,10-11H,1-3,6-9H2. The van der Waals surface area contributed by atoms with Gasteiger partial charge in [0.1, 0.15) is 0 Å². The number of halogens is 1. The number of rotatable bonds is 4. The first-order valence-electron chi connectivity index (χ1n) is 6.66. The van der Waals surface area contributed by atoms with Crippen LogP contribution in [0.25, 0.3) is 11.0 Å². The van der Waals surface area contributed by atoms with Gasteiger partial charge >= 0.3 is 0 Å². The molecule has 18 heavy (non-hydrogen) atoms. The molecule has 3 nitrogen and oxygen atoms in total. The van der Waals surface area contributed by atoms with E-state index in [4.69, 9.17) is 0 Å². The van der Waals surface area contributed by atoms with Crippen LogP contribution in [-0.2, 0) is 6.54 Å². The Morgan fingerprint density at radius 2 is 2.00 bits per heavy atom. The molecule has 0 N–H and O–H groups in total. The molecule has 1 aliphatic rings. The Morgan fingerprint density at radius 3 is 2.83 bits per heavy atom. The van der Waals surface area contributed by atoms with Crippen molar-refractivity contribution in [3.63, 3.8) is 0 Å². The summed E-state index contributed by atoms with van der Waals surface area (Å²) in [5, 5.41) is 0. The normalized spacial score (nSPS) is 16.7. The van der Waals surface area contributed by atoms with Crippen LogP contribution in [0.4, 0.5) is 0 Å². The molecule has 0 spiro atoms. The molecule has 0 saturated carbocycles. The van der Waals surface area contributed by atoms with E-state index in [0.717, 1.165) is 16.5 Å². The molecule has 2 aromatic rings. The predicted octanol–water partition coefficient (Wildman–Crippen LogP) is 3.28. The van der Waals surface area contributed by atoms with Gasteiger partial charge in [-0.1, -0.05) is 15.9 Å². The van der Waals surface area contributed by atoms with Gasteiger partial charge in [0.25, 0.3) is 0 Å². The molecule has 96 valence electrons. The Hall–Kier alpha value is -0.870. The third-order valence-corrected chi connectivity index (χ3v) is 4.15. The van der Waals surface area contributed by atoms with Gasteiger partial charge in [-0.3, -0.25) is 0 Å². The summed E-state index contributed by atoms with van der Waals surface area (Å²) in [7, 11) is 0. The molecule has 0 amide bonds. The van der Waals surface area contributed by atoms with E-state index in [2.05, 4.69) is 48.6 Å². The summed E-state index contributed by atoms with van der Waals surface area (Å²) in [6.45, 7) is 4.86. The van der Waals surface area contributed by atoms with Crippen molar-refractivity contribution in [2.45, 2.75) is 25.8 Å². The number of aryl methyl sites for hydroxylation is 1. The van der Waals surface area contributed by atoms with E-state index in [1.54, 1.807) is 0 Å². The van der Waals surface area contributed by atoms with Crippen LogP contribution in [0.3, 0.4) is 0 Å². The molecule has 1 aromatic carbocycles. The van der Waals surface area contributed by atoms with Gasteiger partial charge in [0.2, 0.25) is 0 Å². The lowest BCUT2D eigenvalue weighted by atomic mass is 10.3. The van der Waals surface area contributed by atoms with E-state index in [0.29, 0.717) is 0 Å². The fourth-order valence-electron chi connectivity index (χ4n) is 2.69. The molecule has 2 heterocycles. The Labute approximate surface area is 116 Å². The Kier molecular flexibility index (Phi) is 3.66. The number of imidazole rings is 1. The van der Waals surface area contributed by atoms with Crippen LogP contribution in [0.5, 0.6) is 0 Å². The second kappa shape index (κ2) is 5.41. The van der Waals surface area contributed by atoms with Gasteiger partial charge in [-0.2, -0.15) is 0 Å². The van der Waals surface area contributed by atoms with Crippen molar-refractivity contribution >= 4 is 27.0 Å². The maximum atomic E-state index is 4.45. The number of aromatic nitrogens is 2. The lowest BCUT2D eigenvalue weighted by Gasteiger charge is -2.14. The first-order valence-corrected chi connectivity index (χ1v) is 7.45. The Bertz CT molecular complexity index is 529. The molecule has 0 bridgehead atoms. The number of fused-ring (bicyclic) bond motifs is 1. The van der Waals surface area contributed by atoms with Gasteiger partial charge in [-0.25, -0.2) is 4.98 Å². The van der Waals surface area contributed by atoms with Gasteiger partial charge in [0.05, 0.1) is 17.4 Å². The molecule has 4 heteroatoms. The fraction of sp³-hybridized carbons (Fsp3) is 0.500. The zero-order valence-corrected chi connectivity index (χ0v) is 12.1. The molecule has 1 fully saturated rings. The van der Waals surface area contributed by atoms with E-state index >= 15 is 0 Å². The molecular formula is C14H18BrN3. The van der Waals surface area contributed by atoms with Crippen LogP contribution in [-0.4, -0.2) is 34.1 Å². The minimum absolute atomic E-state index is 1.06. The van der Waals surface area contributed by atoms with Crippen molar-refractivity contribution in [3.8, 4) is 0 Å². The van der Waals surface area contributed by atoms with Crippen LogP contribution in [0.15, 0.2) is 29.0 Å². The molecule has 0 unspecified atom stereocenters. The highest BCUT2D eigenvalue weighted by Crippen LogP contribution is 2.19. The van der Waals surface area contributed by atoms with Crippen LogP contribution < -0.4 is 0 Å². The summed E-state index contributed by atoms with van der Waals surface area (Å²) < 4.78 is 3.36. The van der Waals surface area contributed by atoms with Crippen LogP contribution >= 0.6 is 15.9 Å². The third-order valence-electron chi connectivity index (χ3n) is 3.66. The smallest absolute Gasteiger partial charge is 0.0958 e. The Balaban J connectivity index is 1.63. The highest BCUT2D eigenvalue weighted by atomic mass is 79.9. The average molecular weight is 308 g/mol. The van der Waals surface area contributed by atoms with Crippen molar-refractivity contribution in [2.75, 3.05) is 19.6 Å². The first kappa shape index (κ1) is 12.2. The van der Waals surface area contributed by atoms with E-state index in [1.165, 1.54) is 44.4 Å². The Morgan fingerprint density at radius 1 is 1.17 bits per heavy atom. The highest BCUT2D eigenvalue weighted by molar-refractivity contribution is 9.10. The molecule has 1 saturated heterocycles. The number of benzene rings is 1. The predicted molar refractivity (Wildman–Crippen MR) is 77.7 cm³/mol. The number of likely N-dealkylation sites (tertiary alicyclic amines) is 1. The molecule has 1 aliphatic heterocycles. The minimum atomic E-state index is 1.06. The summed E-state index contributed by atoms with van der Waals surface area (Å²) in [6, 6.07) is 6.30. The van der Waals surface area contributed by atoms with Gasteiger partial charge in [-0.15, -0.1) is 0 Å².